The lowest BCUT2D eigenvalue weighted by molar-refractivity contribution is 0.0617. The van der Waals surface area contributed by atoms with Gasteiger partial charge in [0.2, 0.25) is 0 Å². The zero-order valence-electron chi connectivity index (χ0n) is 15.8. The third kappa shape index (κ3) is 3.40. The summed E-state index contributed by atoms with van der Waals surface area (Å²) in [6.45, 7) is 6.39. The van der Waals surface area contributed by atoms with E-state index in [9.17, 15) is 9.59 Å². The van der Waals surface area contributed by atoms with Crippen molar-refractivity contribution in [3.8, 4) is 0 Å². The molecule has 1 unspecified atom stereocenters. The van der Waals surface area contributed by atoms with Crippen molar-refractivity contribution < 1.29 is 9.59 Å². The van der Waals surface area contributed by atoms with Crippen molar-refractivity contribution >= 4 is 33.2 Å². The van der Waals surface area contributed by atoms with Crippen molar-refractivity contribution in [2.45, 2.75) is 18.9 Å². The molecule has 28 heavy (non-hydrogen) atoms. The number of pyridine rings is 1. The number of piperidine rings is 3. The van der Waals surface area contributed by atoms with Crippen molar-refractivity contribution in [1.82, 2.24) is 25.4 Å². The molecule has 2 aromatic heterocycles. The molecule has 2 N–H and O–H groups in total. The van der Waals surface area contributed by atoms with Gasteiger partial charge in [-0.3, -0.25) is 14.6 Å². The first-order chi connectivity index (χ1) is 13.7. The Labute approximate surface area is 168 Å². The van der Waals surface area contributed by atoms with E-state index in [0.717, 1.165) is 55.9 Å². The van der Waals surface area contributed by atoms with Crippen LogP contribution in [0.3, 0.4) is 0 Å². The SMILES string of the molecule is O=C(NC1CN2CCC1CC2)c1cc2sc(C(=O)N3CCNCC3)cc2cn1. The first-order valence-corrected chi connectivity index (χ1v) is 10.9. The van der Waals surface area contributed by atoms with E-state index in [-0.39, 0.29) is 17.9 Å². The molecule has 8 heteroatoms. The molecule has 6 heterocycles. The Morgan fingerprint density at radius 3 is 2.64 bits per heavy atom. The van der Waals surface area contributed by atoms with Gasteiger partial charge in [0.1, 0.15) is 5.69 Å². The molecule has 0 saturated carbocycles. The number of carbonyl (C=O) groups is 2. The number of aromatic nitrogens is 1. The van der Waals surface area contributed by atoms with Crippen LogP contribution < -0.4 is 10.6 Å². The molecule has 6 rings (SSSR count). The van der Waals surface area contributed by atoms with Crippen molar-refractivity contribution in [3.05, 3.63) is 28.9 Å². The molecule has 0 aliphatic carbocycles. The largest absolute Gasteiger partial charge is 0.346 e. The summed E-state index contributed by atoms with van der Waals surface area (Å²) in [6.07, 6.45) is 4.05. The Kier molecular flexibility index (Phi) is 4.78. The number of carbonyl (C=O) groups excluding carboxylic acids is 2. The predicted octanol–water partition coefficient (Wildman–Crippen LogP) is 1.17. The van der Waals surface area contributed by atoms with Crippen LogP contribution in [-0.2, 0) is 0 Å². The van der Waals surface area contributed by atoms with E-state index in [1.165, 1.54) is 24.2 Å². The molecule has 0 radical (unpaired) electrons. The molecule has 1 atom stereocenters. The number of hydrogen-bond acceptors (Lipinski definition) is 6. The number of nitrogens with zero attached hydrogens (tertiary/aromatic N) is 3. The normalized spacial score (nSPS) is 27.1. The van der Waals surface area contributed by atoms with Gasteiger partial charge in [0.25, 0.3) is 11.8 Å². The highest BCUT2D eigenvalue weighted by Gasteiger charge is 2.35. The minimum atomic E-state index is -0.107. The summed E-state index contributed by atoms with van der Waals surface area (Å²) in [5.74, 6) is 0.549. The molecule has 4 saturated heterocycles. The maximum absolute atomic E-state index is 12.8. The number of hydrogen-bond donors (Lipinski definition) is 2. The van der Waals surface area contributed by atoms with Gasteiger partial charge in [0.15, 0.2) is 0 Å². The molecular weight excluding hydrogens is 374 g/mol. The van der Waals surface area contributed by atoms with Crippen molar-refractivity contribution in [2.24, 2.45) is 5.92 Å². The van der Waals surface area contributed by atoms with Crippen LogP contribution in [0.1, 0.15) is 33.0 Å². The molecule has 2 aromatic rings. The molecule has 7 nitrogen and oxygen atoms in total. The topological polar surface area (TPSA) is 77.6 Å². The number of amides is 2. The summed E-state index contributed by atoms with van der Waals surface area (Å²) in [4.78, 5) is 34.9. The first kappa shape index (κ1) is 18.0. The van der Waals surface area contributed by atoms with E-state index in [4.69, 9.17) is 0 Å². The third-order valence-corrected chi connectivity index (χ3v) is 7.31. The molecular formula is C20H25N5O2S. The summed E-state index contributed by atoms with van der Waals surface area (Å²) in [7, 11) is 0. The van der Waals surface area contributed by atoms with Crippen molar-refractivity contribution in [1.29, 1.82) is 0 Å². The molecule has 4 aliphatic rings. The van der Waals surface area contributed by atoms with Crippen molar-refractivity contribution in [3.63, 3.8) is 0 Å². The molecule has 0 aromatic carbocycles. The second kappa shape index (κ2) is 7.42. The Hall–Kier alpha value is -2.03. The van der Waals surface area contributed by atoms with Gasteiger partial charge < -0.3 is 20.4 Å². The van der Waals surface area contributed by atoms with Gasteiger partial charge in [-0.2, -0.15) is 0 Å². The van der Waals surface area contributed by atoms with Gasteiger partial charge in [0, 0.05) is 55.0 Å². The average molecular weight is 400 g/mol. The number of nitrogens with one attached hydrogen (secondary N) is 2. The Morgan fingerprint density at radius 1 is 1.14 bits per heavy atom. The quantitative estimate of drug-likeness (QED) is 0.810. The van der Waals surface area contributed by atoms with E-state index in [0.29, 0.717) is 16.5 Å². The number of thiophene rings is 1. The standard InChI is InChI=1S/C20H25N5O2S/c26-19(23-16-12-24-5-1-13(16)2-6-24)15-10-17-14(11-22-15)9-18(28-17)20(27)25-7-3-21-4-8-25/h9-11,13,16,21H,1-8,12H2,(H,23,26). The second-order valence-corrected chi connectivity index (χ2v) is 9.06. The molecule has 2 amide bonds. The zero-order valence-corrected chi connectivity index (χ0v) is 16.6. The summed E-state index contributed by atoms with van der Waals surface area (Å²) in [6, 6.07) is 3.94. The van der Waals surface area contributed by atoms with E-state index < -0.39 is 0 Å². The Balaban J connectivity index is 1.32. The summed E-state index contributed by atoms with van der Waals surface area (Å²) >= 11 is 1.45. The van der Waals surface area contributed by atoms with Crippen LogP contribution in [0.15, 0.2) is 18.3 Å². The molecule has 0 spiro atoms. The van der Waals surface area contributed by atoms with Gasteiger partial charge in [-0.25, -0.2) is 0 Å². The minimum Gasteiger partial charge on any atom is -0.346 e. The van der Waals surface area contributed by atoms with E-state index >= 15 is 0 Å². The maximum Gasteiger partial charge on any atom is 0.270 e. The van der Waals surface area contributed by atoms with Crippen LogP contribution in [0.25, 0.3) is 10.1 Å². The lowest BCUT2D eigenvalue weighted by Gasteiger charge is -2.44. The van der Waals surface area contributed by atoms with Gasteiger partial charge in [0.05, 0.1) is 4.88 Å². The zero-order chi connectivity index (χ0) is 19.1. The fraction of sp³-hybridized carbons (Fsp3) is 0.550. The van der Waals surface area contributed by atoms with Crippen LogP contribution in [0, 0.1) is 5.92 Å². The smallest absolute Gasteiger partial charge is 0.270 e. The predicted molar refractivity (Wildman–Crippen MR) is 109 cm³/mol. The highest BCUT2D eigenvalue weighted by molar-refractivity contribution is 7.20. The number of fused-ring (bicyclic) bond motifs is 4. The maximum atomic E-state index is 12.8. The Morgan fingerprint density at radius 2 is 1.93 bits per heavy atom. The first-order valence-electron chi connectivity index (χ1n) is 10.1. The van der Waals surface area contributed by atoms with Gasteiger partial charge in [-0.1, -0.05) is 0 Å². The second-order valence-electron chi connectivity index (χ2n) is 7.98. The third-order valence-electron chi connectivity index (χ3n) is 6.22. The molecule has 148 valence electrons. The fourth-order valence-electron chi connectivity index (χ4n) is 4.56. The van der Waals surface area contributed by atoms with Crippen LogP contribution in [0.2, 0.25) is 0 Å². The summed E-state index contributed by atoms with van der Waals surface area (Å²) in [5, 5.41) is 7.37. The van der Waals surface area contributed by atoms with Gasteiger partial charge in [-0.05, 0) is 44.0 Å². The van der Waals surface area contributed by atoms with E-state index in [2.05, 4.69) is 20.5 Å². The monoisotopic (exact) mass is 399 g/mol. The van der Waals surface area contributed by atoms with E-state index in [1.807, 2.05) is 17.0 Å². The number of piperazine rings is 1. The van der Waals surface area contributed by atoms with E-state index in [1.54, 1.807) is 6.20 Å². The lowest BCUT2D eigenvalue weighted by atomic mass is 9.84. The fourth-order valence-corrected chi connectivity index (χ4v) is 5.60. The molecule has 2 bridgehead atoms. The number of rotatable bonds is 3. The highest BCUT2D eigenvalue weighted by Crippen LogP contribution is 2.29. The van der Waals surface area contributed by atoms with Crippen LogP contribution in [0.5, 0.6) is 0 Å². The summed E-state index contributed by atoms with van der Waals surface area (Å²) in [5.41, 5.74) is 0.437. The van der Waals surface area contributed by atoms with Crippen LogP contribution in [0.4, 0.5) is 0 Å². The van der Waals surface area contributed by atoms with Gasteiger partial charge >= 0.3 is 0 Å². The van der Waals surface area contributed by atoms with Crippen LogP contribution >= 0.6 is 11.3 Å². The minimum absolute atomic E-state index is 0.0704. The summed E-state index contributed by atoms with van der Waals surface area (Å²) < 4.78 is 0.938. The lowest BCUT2D eigenvalue weighted by Crippen LogP contribution is -2.57. The van der Waals surface area contributed by atoms with Crippen LogP contribution in [-0.4, -0.2) is 78.5 Å². The average Bonchev–Trinajstić information content (AvgIpc) is 3.18. The molecule has 4 fully saturated rings. The van der Waals surface area contributed by atoms with Gasteiger partial charge in [-0.15, -0.1) is 11.3 Å². The van der Waals surface area contributed by atoms with Crippen molar-refractivity contribution in [2.75, 3.05) is 45.8 Å². The Bertz CT molecular complexity index is 899. The molecule has 4 aliphatic heterocycles. The highest BCUT2D eigenvalue weighted by atomic mass is 32.1.